The molecule has 0 unspecified atom stereocenters. The smallest absolute Gasteiger partial charge is 0.267 e. The molecule has 0 bridgehead atoms. The maximum atomic E-state index is 12.5. The Labute approximate surface area is 162 Å². The van der Waals surface area contributed by atoms with Gasteiger partial charge in [0.2, 0.25) is 0 Å². The van der Waals surface area contributed by atoms with Gasteiger partial charge in [0.25, 0.3) is 11.8 Å². The van der Waals surface area contributed by atoms with Crippen molar-refractivity contribution in [2.75, 3.05) is 20.3 Å². The van der Waals surface area contributed by atoms with E-state index in [2.05, 4.69) is 10.6 Å². The predicted molar refractivity (Wildman–Crippen MR) is 105 cm³/mol. The number of hydrogen-bond donors (Lipinski definition) is 3. The Kier molecular flexibility index (Phi) is 7.85. The van der Waals surface area contributed by atoms with Crippen LogP contribution in [0.25, 0.3) is 6.08 Å². The van der Waals surface area contributed by atoms with Gasteiger partial charge in [0.05, 0.1) is 7.11 Å². The average molecular weight is 389 g/mol. The molecule has 0 fully saturated rings. The lowest BCUT2D eigenvalue weighted by Crippen LogP contribution is -2.35. The average Bonchev–Trinajstić information content (AvgIpc) is 2.69. The first kappa shape index (κ1) is 20.5. The molecule has 0 radical (unpaired) electrons. The Hall–Kier alpha value is -2.83. The molecule has 2 rings (SSSR count). The number of benzene rings is 2. The number of rotatable bonds is 8. The number of hydrogen-bond acceptors (Lipinski definition) is 4. The van der Waals surface area contributed by atoms with Crippen LogP contribution in [-0.2, 0) is 4.79 Å². The molecule has 2 amide bonds. The third kappa shape index (κ3) is 6.44. The molecular weight excluding hydrogens is 368 g/mol. The Bertz CT molecular complexity index is 802. The molecule has 0 heterocycles. The summed E-state index contributed by atoms with van der Waals surface area (Å²) >= 11 is 5.88. The number of halogens is 1. The molecule has 3 N–H and O–H groups in total. The molecule has 142 valence electrons. The molecular formula is C20H21ClN2O4. The van der Waals surface area contributed by atoms with Gasteiger partial charge in [-0.15, -0.1) is 0 Å². The minimum absolute atomic E-state index is 0.0330. The summed E-state index contributed by atoms with van der Waals surface area (Å²) in [7, 11) is 1.54. The highest BCUT2D eigenvalue weighted by atomic mass is 35.5. The zero-order chi connectivity index (χ0) is 19.6. The zero-order valence-electron chi connectivity index (χ0n) is 14.9. The number of carbonyl (C=O) groups is 2. The van der Waals surface area contributed by atoms with Crippen molar-refractivity contribution in [3.05, 3.63) is 70.4 Å². The quantitative estimate of drug-likeness (QED) is 0.479. The summed E-state index contributed by atoms with van der Waals surface area (Å²) in [5.74, 6) is -0.235. The van der Waals surface area contributed by atoms with Crippen LogP contribution in [-0.4, -0.2) is 37.2 Å². The summed E-state index contributed by atoms with van der Waals surface area (Å²) in [5.41, 5.74) is 1.19. The lowest BCUT2D eigenvalue weighted by atomic mass is 10.1. The highest BCUT2D eigenvalue weighted by Crippen LogP contribution is 2.14. The molecule has 0 saturated carbocycles. The second-order valence-corrected chi connectivity index (χ2v) is 6.06. The third-order valence-electron chi connectivity index (χ3n) is 3.65. The Morgan fingerprint density at radius 3 is 2.37 bits per heavy atom. The first-order chi connectivity index (χ1) is 13.0. The van der Waals surface area contributed by atoms with Gasteiger partial charge in [-0.05, 0) is 54.5 Å². The fraction of sp³-hybridized carbons (Fsp3) is 0.200. The summed E-state index contributed by atoms with van der Waals surface area (Å²) in [5, 5.41) is 14.7. The van der Waals surface area contributed by atoms with Gasteiger partial charge in [-0.3, -0.25) is 9.59 Å². The fourth-order valence-corrected chi connectivity index (χ4v) is 2.32. The summed E-state index contributed by atoms with van der Waals surface area (Å²) < 4.78 is 5.07. The van der Waals surface area contributed by atoms with E-state index in [0.717, 1.165) is 0 Å². The Morgan fingerprint density at radius 2 is 1.78 bits per heavy atom. The lowest BCUT2D eigenvalue weighted by molar-refractivity contribution is -0.117. The van der Waals surface area contributed by atoms with Gasteiger partial charge in [0.15, 0.2) is 0 Å². The third-order valence-corrected chi connectivity index (χ3v) is 3.90. The van der Waals surface area contributed by atoms with Gasteiger partial charge in [0, 0.05) is 23.7 Å². The van der Waals surface area contributed by atoms with Crippen LogP contribution in [0.15, 0.2) is 54.2 Å². The first-order valence-corrected chi connectivity index (χ1v) is 8.73. The number of ether oxygens (including phenoxy) is 1. The maximum Gasteiger partial charge on any atom is 0.267 e. The summed E-state index contributed by atoms with van der Waals surface area (Å²) in [6.45, 7) is 0.264. The molecule has 0 aliphatic carbocycles. The van der Waals surface area contributed by atoms with E-state index < -0.39 is 11.8 Å². The molecule has 0 aromatic heterocycles. The SMILES string of the molecule is COc1ccc(C(=O)N/C(=C/c2ccc(Cl)cc2)C(=O)NCCCO)cc1. The van der Waals surface area contributed by atoms with Crippen LogP contribution in [0.1, 0.15) is 22.3 Å². The van der Waals surface area contributed by atoms with Gasteiger partial charge in [-0.1, -0.05) is 23.7 Å². The van der Waals surface area contributed by atoms with Gasteiger partial charge < -0.3 is 20.5 Å². The van der Waals surface area contributed by atoms with E-state index in [9.17, 15) is 9.59 Å². The van der Waals surface area contributed by atoms with Crippen molar-refractivity contribution in [3.63, 3.8) is 0 Å². The fourth-order valence-electron chi connectivity index (χ4n) is 2.20. The van der Waals surface area contributed by atoms with Crippen LogP contribution in [0.5, 0.6) is 5.75 Å². The minimum Gasteiger partial charge on any atom is -0.497 e. The van der Waals surface area contributed by atoms with Crippen molar-refractivity contribution in [3.8, 4) is 5.75 Å². The van der Waals surface area contributed by atoms with E-state index in [-0.39, 0.29) is 12.3 Å². The molecule has 2 aromatic carbocycles. The number of amides is 2. The van der Waals surface area contributed by atoms with E-state index >= 15 is 0 Å². The monoisotopic (exact) mass is 388 g/mol. The van der Waals surface area contributed by atoms with Crippen LogP contribution in [0.4, 0.5) is 0 Å². The van der Waals surface area contributed by atoms with Crippen LogP contribution in [0.2, 0.25) is 5.02 Å². The number of carbonyl (C=O) groups excluding carboxylic acids is 2. The van der Waals surface area contributed by atoms with E-state index in [0.29, 0.717) is 34.9 Å². The maximum absolute atomic E-state index is 12.5. The van der Waals surface area contributed by atoms with Crippen molar-refractivity contribution in [1.29, 1.82) is 0 Å². The van der Waals surface area contributed by atoms with Crippen molar-refractivity contribution >= 4 is 29.5 Å². The molecule has 0 saturated heterocycles. The second kappa shape index (κ2) is 10.4. The van der Waals surface area contributed by atoms with Gasteiger partial charge in [-0.25, -0.2) is 0 Å². The van der Waals surface area contributed by atoms with Crippen molar-refractivity contribution in [2.45, 2.75) is 6.42 Å². The molecule has 0 aliphatic rings. The van der Waals surface area contributed by atoms with E-state index in [4.69, 9.17) is 21.4 Å². The van der Waals surface area contributed by atoms with Crippen molar-refractivity contribution < 1.29 is 19.4 Å². The molecule has 27 heavy (non-hydrogen) atoms. The van der Waals surface area contributed by atoms with Crippen molar-refractivity contribution in [2.24, 2.45) is 0 Å². The van der Waals surface area contributed by atoms with Crippen molar-refractivity contribution in [1.82, 2.24) is 10.6 Å². The van der Waals surface area contributed by atoms with Crippen LogP contribution in [0.3, 0.4) is 0 Å². The lowest BCUT2D eigenvalue weighted by Gasteiger charge is -2.11. The Morgan fingerprint density at radius 1 is 1.11 bits per heavy atom. The van der Waals surface area contributed by atoms with Crippen LogP contribution >= 0.6 is 11.6 Å². The number of methoxy groups -OCH3 is 1. The molecule has 7 heteroatoms. The first-order valence-electron chi connectivity index (χ1n) is 8.35. The highest BCUT2D eigenvalue weighted by Gasteiger charge is 2.14. The van der Waals surface area contributed by atoms with E-state index in [1.807, 2.05) is 0 Å². The molecule has 2 aromatic rings. The number of aliphatic hydroxyl groups excluding tert-OH is 1. The van der Waals surface area contributed by atoms with Gasteiger partial charge in [0.1, 0.15) is 11.4 Å². The summed E-state index contributed by atoms with van der Waals surface area (Å²) in [4.78, 5) is 24.9. The molecule has 0 atom stereocenters. The Balaban J connectivity index is 2.20. The van der Waals surface area contributed by atoms with E-state index in [1.165, 1.54) is 0 Å². The highest BCUT2D eigenvalue weighted by molar-refractivity contribution is 6.30. The molecule has 0 spiro atoms. The second-order valence-electron chi connectivity index (χ2n) is 5.63. The van der Waals surface area contributed by atoms with Gasteiger partial charge in [-0.2, -0.15) is 0 Å². The van der Waals surface area contributed by atoms with Gasteiger partial charge >= 0.3 is 0 Å². The van der Waals surface area contributed by atoms with Crippen LogP contribution in [0, 0.1) is 0 Å². The minimum atomic E-state index is -0.444. The summed E-state index contributed by atoms with van der Waals surface area (Å²) in [6, 6.07) is 13.4. The normalized spacial score (nSPS) is 11.0. The number of nitrogens with one attached hydrogen (secondary N) is 2. The standard InChI is InChI=1S/C20H21ClN2O4/c1-27-17-9-5-15(6-10-17)19(25)23-18(20(26)22-11-2-12-24)13-14-3-7-16(21)8-4-14/h3-10,13,24H,2,11-12H2,1H3,(H,22,26)(H,23,25)/b18-13+. The predicted octanol–water partition coefficient (Wildman–Crippen LogP) is 2.62. The van der Waals surface area contributed by atoms with Crippen LogP contribution < -0.4 is 15.4 Å². The topological polar surface area (TPSA) is 87.7 Å². The zero-order valence-corrected chi connectivity index (χ0v) is 15.6. The molecule has 0 aliphatic heterocycles. The van der Waals surface area contributed by atoms with E-state index in [1.54, 1.807) is 61.7 Å². The molecule has 6 nitrogen and oxygen atoms in total. The number of aliphatic hydroxyl groups is 1. The largest absolute Gasteiger partial charge is 0.497 e. The summed E-state index contributed by atoms with van der Waals surface area (Å²) in [6.07, 6.45) is 1.98.